The second-order valence-electron chi connectivity index (χ2n) is 3.00. The fourth-order valence-corrected chi connectivity index (χ4v) is 1.16. The third-order valence-corrected chi connectivity index (χ3v) is 2.39. The molecule has 0 spiro atoms. The minimum atomic E-state index is -3.82. The van der Waals surface area contributed by atoms with Crippen LogP contribution in [-0.4, -0.2) is 15.9 Å². The summed E-state index contributed by atoms with van der Waals surface area (Å²) in [6.07, 6.45) is 3.91. The van der Waals surface area contributed by atoms with E-state index in [0.29, 0.717) is 19.3 Å². The number of rotatable bonds is 5. The van der Waals surface area contributed by atoms with E-state index in [1.807, 2.05) is 6.07 Å². The molecule has 0 aliphatic rings. The Morgan fingerprint density at radius 3 is 2.00 bits per heavy atom. The van der Waals surface area contributed by atoms with E-state index >= 15 is 0 Å². The zero-order valence-corrected chi connectivity index (χ0v) is 9.83. The summed E-state index contributed by atoms with van der Waals surface area (Å²) >= 11 is 0. The van der Waals surface area contributed by atoms with Crippen LogP contribution in [0.1, 0.15) is 46.0 Å². The monoisotopic (exact) mass is 221 g/mol. The zero-order chi connectivity index (χ0) is 11.4. The Bertz CT molecular complexity index is 193. The minimum Gasteiger partial charge on any atom is -0.324 e. The molecule has 14 heavy (non-hydrogen) atoms. The zero-order valence-electron chi connectivity index (χ0n) is 8.94. The quantitative estimate of drug-likeness (QED) is 0.552. The van der Waals surface area contributed by atoms with Crippen LogP contribution in [0.2, 0.25) is 0 Å². The molecule has 0 bridgehead atoms. The normalized spacial score (nSPS) is 9.93. The lowest BCUT2D eigenvalue weighted by atomic mass is 10.3. The van der Waals surface area contributed by atoms with Crippen LogP contribution in [0.15, 0.2) is 0 Å². The lowest BCUT2D eigenvalue weighted by molar-refractivity contribution is 0.371. The van der Waals surface area contributed by atoms with Crippen LogP contribution < -0.4 is 0 Å². The van der Waals surface area contributed by atoms with Crippen molar-refractivity contribution in [3.63, 3.8) is 0 Å². The summed E-state index contributed by atoms with van der Waals surface area (Å²) in [6, 6.07) is 1.90. The van der Waals surface area contributed by atoms with Crippen LogP contribution in [0.25, 0.3) is 0 Å². The Balaban J connectivity index is 0. The van der Waals surface area contributed by atoms with E-state index in [0.717, 1.165) is 0 Å². The van der Waals surface area contributed by atoms with Gasteiger partial charge >= 0.3 is 7.60 Å². The molecule has 2 N–H and O–H groups in total. The molecule has 0 aromatic carbocycles. The van der Waals surface area contributed by atoms with Gasteiger partial charge in [0.15, 0.2) is 0 Å². The molecular weight excluding hydrogens is 201 g/mol. The summed E-state index contributed by atoms with van der Waals surface area (Å²) in [4.78, 5) is 16.7. The van der Waals surface area contributed by atoms with E-state index in [-0.39, 0.29) is 6.16 Å². The molecule has 0 heterocycles. The van der Waals surface area contributed by atoms with Crippen molar-refractivity contribution in [1.82, 2.24) is 0 Å². The van der Waals surface area contributed by atoms with Gasteiger partial charge in [0.25, 0.3) is 0 Å². The van der Waals surface area contributed by atoms with Gasteiger partial charge in [-0.2, -0.15) is 5.26 Å². The lowest BCUT2D eigenvalue weighted by Gasteiger charge is -1.99. The number of nitriles is 1. The van der Waals surface area contributed by atoms with Crippen LogP contribution in [0, 0.1) is 11.3 Å². The molecular formula is C9H20NO3P. The largest absolute Gasteiger partial charge is 0.325 e. The van der Waals surface area contributed by atoms with Crippen molar-refractivity contribution in [2.24, 2.45) is 0 Å². The van der Waals surface area contributed by atoms with Crippen LogP contribution in [0.3, 0.4) is 0 Å². The Kier molecular flexibility index (Phi) is 12.3. The molecule has 0 amide bonds. The molecule has 5 heteroatoms. The summed E-state index contributed by atoms with van der Waals surface area (Å²) in [5, 5.41) is 8.05. The fourth-order valence-electron chi connectivity index (χ4n) is 0.522. The van der Waals surface area contributed by atoms with Crippen LogP contribution in [0.4, 0.5) is 0 Å². The smallest absolute Gasteiger partial charge is 0.324 e. The first-order valence-corrected chi connectivity index (χ1v) is 6.69. The van der Waals surface area contributed by atoms with E-state index < -0.39 is 7.60 Å². The van der Waals surface area contributed by atoms with Crippen LogP contribution >= 0.6 is 7.60 Å². The predicted octanol–water partition coefficient (Wildman–Crippen LogP) is 2.66. The van der Waals surface area contributed by atoms with Crippen molar-refractivity contribution in [3.8, 4) is 6.07 Å². The van der Waals surface area contributed by atoms with Crippen molar-refractivity contribution in [2.75, 3.05) is 6.16 Å². The van der Waals surface area contributed by atoms with E-state index in [9.17, 15) is 4.57 Å². The molecule has 0 atom stereocenters. The van der Waals surface area contributed by atoms with Gasteiger partial charge in [0.2, 0.25) is 0 Å². The van der Waals surface area contributed by atoms with Crippen molar-refractivity contribution in [1.29, 1.82) is 5.26 Å². The first-order chi connectivity index (χ1) is 6.47. The highest BCUT2D eigenvalue weighted by molar-refractivity contribution is 7.51. The van der Waals surface area contributed by atoms with E-state index in [4.69, 9.17) is 15.0 Å². The number of nitrogens with zero attached hydrogens (tertiary/aromatic N) is 1. The van der Waals surface area contributed by atoms with Gasteiger partial charge in [0.05, 0.1) is 6.07 Å². The van der Waals surface area contributed by atoms with Gasteiger partial charge in [-0.3, -0.25) is 4.57 Å². The SMILES string of the molecule is CCCC.N#CCCCCP(=O)(O)O. The highest BCUT2D eigenvalue weighted by Gasteiger charge is 2.10. The van der Waals surface area contributed by atoms with Crippen molar-refractivity contribution in [3.05, 3.63) is 0 Å². The predicted molar refractivity (Wildman–Crippen MR) is 57.0 cm³/mol. The second-order valence-corrected chi connectivity index (χ2v) is 4.78. The summed E-state index contributed by atoms with van der Waals surface area (Å²) in [6.45, 7) is 4.36. The molecule has 0 fully saturated rings. The highest BCUT2D eigenvalue weighted by atomic mass is 31.2. The van der Waals surface area contributed by atoms with Gasteiger partial charge in [0, 0.05) is 12.6 Å². The molecule has 4 nitrogen and oxygen atoms in total. The average molecular weight is 221 g/mol. The molecule has 0 aromatic heterocycles. The summed E-state index contributed by atoms with van der Waals surface area (Å²) in [5.74, 6) is 0. The third kappa shape index (κ3) is 22.6. The number of unbranched alkanes of at least 4 members (excludes halogenated alkanes) is 3. The van der Waals surface area contributed by atoms with Crippen molar-refractivity contribution < 1.29 is 14.4 Å². The maximum atomic E-state index is 10.2. The fraction of sp³-hybridized carbons (Fsp3) is 0.889. The van der Waals surface area contributed by atoms with E-state index in [1.165, 1.54) is 12.8 Å². The molecule has 0 saturated carbocycles. The van der Waals surface area contributed by atoms with E-state index in [2.05, 4.69) is 13.8 Å². The molecule has 84 valence electrons. The Morgan fingerprint density at radius 2 is 1.71 bits per heavy atom. The maximum Gasteiger partial charge on any atom is 0.325 e. The molecule has 0 aliphatic heterocycles. The third-order valence-electron chi connectivity index (χ3n) is 1.49. The molecule has 0 unspecified atom stereocenters. The molecule has 0 aliphatic carbocycles. The number of hydrogen-bond donors (Lipinski definition) is 2. The standard InChI is InChI=1S/C5H10NO3P.C4H10/c6-4-2-1-3-5-10(7,8)9;1-3-4-2/h1-3,5H2,(H2,7,8,9);3-4H2,1-2H3. The van der Waals surface area contributed by atoms with Gasteiger partial charge in [-0.05, 0) is 12.8 Å². The minimum absolute atomic E-state index is 0.103. The van der Waals surface area contributed by atoms with Crippen LogP contribution in [0.5, 0.6) is 0 Å². The first-order valence-electron chi connectivity index (χ1n) is 4.89. The summed E-state index contributed by atoms with van der Waals surface area (Å²) in [7, 11) is -3.82. The Morgan fingerprint density at radius 1 is 1.21 bits per heavy atom. The highest BCUT2D eigenvalue weighted by Crippen LogP contribution is 2.35. The van der Waals surface area contributed by atoms with Gasteiger partial charge < -0.3 is 9.79 Å². The van der Waals surface area contributed by atoms with Gasteiger partial charge in [0.1, 0.15) is 0 Å². The summed E-state index contributed by atoms with van der Waals surface area (Å²) < 4.78 is 10.2. The second kappa shape index (κ2) is 10.7. The Labute approximate surface area is 86.1 Å². The van der Waals surface area contributed by atoms with Gasteiger partial charge in [-0.15, -0.1) is 0 Å². The topological polar surface area (TPSA) is 81.3 Å². The van der Waals surface area contributed by atoms with Crippen LogP contribution in [-0.2, 0) is 4.57 Å². The number of hydrogen-bond acceptors (Lipinski definition) is 2. The Hall–Kier alpha value is -0.360. The molecule has 0 aromatic rings. The van der Waals surface area contributed by atoms with Gasteiger partial charge in [-0.1, -0.05) is 26.7 Å². The lowest BCUT2D eigenvalue weighted by Crippen LogP contribution is -1.86. The van der Waals surface area contributed by atoms with Gasteiger partial charge in [-0.25, -0.2) is 0 Å². The molecule has 0 saturated heterocycles. The first kappa shape index (κ1) is 16.1. The summed E-state index contributed by atoms with van der Waals surface area (Å²) in [5.41, 5.74) is 0. The van der Waals surface area contributed by atoms with Crippen molar-refractivity contribution >= 4 is 7.60 Å². The van der Waals surface area contributed by atoms with E-state index in [1.54, 1.807) is 0 Å². The molecule has 0 radical (unpaired) electrons. The molecule has 0 rings (SSSR count). The average Bonchev–Trinajstić information content (AvgIpc) is 2.11. The van der Waals surface area contributed by atoms with Crippen molar-refractivity contribution in [2.45, 2.75) is 46.0 Å². The maximum absolute atomic E-state index is 10.2.